The van der Waals surface area contributed by atoms with Crippen molar-refractivity contribution in [2.75, 3.05) is 18.4 Å². The molecule has 0 aliphatic rings. The van der Waals surface area contributed by atoms with Gasteiger partial charge in [-0.25, -0.2) is 4.79 Å². The van der Waals surface area contributed by atoms with Crippen molar-refractivity contribution in [3.63, 3.8) is 0 Å². The van der Waals surface area contributed by atoms with Crippen molar-refractivity contribution in [2.24, 2.45) is 11.8 Å². The first kappa shape index (κ1) is 27.9. The van der Waals surface area contributed by atoms with Crippen molar-refractivity contribution in [3.05, 3.63) is 65.2 Å². The molecule has 3 amide bonds. The van der Waals surface area contributed by atoms with Crippen LogP contribution in [0, 0.1) is 11.8 Å². The third-order valence-electron chi connectivity index (χ3n) is 5.98. The molecule has 0 saturated heterocycles. The molecule has 2 aromatic rings. The Morgan fingerprint density at radius 2 is 1.51 bits per heavy atom. The lowest BCUT2D eigenvalue weighted by molar-refractivity contribution is -0.136. The minimum absolute atomic E-state index is 0.0811. The Morgan fingerprint density at radius 3 is 2.06 bits per heavy atom. The van der Waals surface area contributed by atoms with Crippen LogP contribution in [0.25, 0.3) is 0 Å². The number of benzene rings is 2. The van der Waals surface area contributed by atoms with Gasteiger partial charge < -0.3 is 20.6 Å². The SMILES string of the molecule is CCC(CC)CN(Cc1ccc(C(=O)NCCC(=O)O)cc1)C(=O)Nc1ccc(CC(C)C)cc1. The van der Waals surface area contributed by atoms with Crippen LogP contribution in [0.1, 0.15) is 68.4 Å². The number of nitrogens with zero attached hydrogens (tertiary/aromatic N) is 1. The number of rotatable bonds is 13. The van der Waals surface area contributed by atoms with E-state index in [0.717, 1.165) is 30.5 Å². The van der Waals surface area contributed by atoms with Gasteiger partial charge in [0.1, 0.15) is 0 Å². The van der Waals surface area contributed by atoms with Crippen molar-refractivity contribution < 1.29 is 19.5 Å². The van der Waals surface area contributed by atoms with Crippen molar-refractivity contribution in [2.45, 2.75) is 59.9 Å². The number of amides is 3. The Balaban J connectivity index is 2.07. The molecule has 0 bridgehead atoms. The Hall–Kier alpha value is -3.35. The van der Waals surface area contributed by atoms with E-state index in [0.29, 0.717) is 30.5 Å². The standard InChI is InChI=1S/C28H39N3O4/c1-5-21(6-2)18-31(28(35)30-25-13-9-22(10-14-25)17-20(3)4)19-23-7-11-24(12-8-23)27(34)29-16-15-26(32)33/h7-14,20-21H,5-6,15-19H2,1-4H3,(H,29,34)(H,30,35)(H,32,33). The molecule has 2 aromatic carbocycles. The predicted molar refractivity (Wildman–Crippen MR) is 140 cm³/mol. The van der Waals surface area contributed by atoms with Gasteiger partial charge in [0.05, 0.1) is 6.42 Å². The fourth-order valence-corrected chi connectivity index (χ4v) is 3.84. The molecule has 7 nitrogen and oxygen atoms in total. The minimum atomic E-state index is -0.956. The molecule has 0 saturated carbocycles. The predicted octanol–water partition coefficient (Wildman–Crippen LogP) is 5.56. The van der Waals surface area contributed by atoms with E-state index in [4.69, 9.17) is 5.11 Å². The van der Waals surface area contributed by atoms with Crippen LogP contribution in [0.2, 0.25) is 0 Å². The smallest absolute Gasteiger partial charge is 0.322 e. The van der Waals surface area contributed by atoms with Gasteiger partial charge in [0.25, 0.3) is 5.91 Å². The van der Waals surface area contributed by atoms with Crippen molar-refractivity contribution in [1.29, 1.82) is 0 Å². The van der Waals surface area contributed by atoms with Gasteiger partial charge in [-0.3, -0.25) is 9.59 Å². The number of carbonyl (C=O) groups excluding carboxylic acids is 2. The van der Waals surface area contributed by atoms with Gasteiger partial charge in [0.15, 0.2) is 0 Å². The van der Waals surface area contributed by atoms with E-state index in [1.165, 1.54) is 5.56 Å². The molecule has 7 heteroatoms. The summed E-state index contributed by atoms with van der Waals surface area (Å²) in [6.07, 6.45) is 2.85. The lowest BCUT2D eigenvalue weighted by Gasteiger charge is -2.27. The minimum Gasteiger partial charge on any atom is -0.481 e. The third-order valence-corrected chi connectivity index (χ3v) is 5.98. The van der Waals surface area contributed by atoms with Crippen LogP contribution in [0.15, 0.2) is 48.5 Å². The Kier molecular flexibility index (Phi) is 11.3. The Morgan fingerprint density at radius 1 is 0.914 bits per heavy atom. The Bertz CT molecular complexity index is 951. The fourth-order valence-electron chi connectivity index (χ4n) is 3.84. The molecular formula is C28H39N3O4. The lowest BCUT2D eigenvalue weighted by Crippen LogP contribution is -2.38. The van der Waals surface area contributed by atoms with E-state index < -0.39 is 5.97 Å². The van der Waals surface area contributed by atoms with Crippen LogP contribution in [0.4, 0.5) is 10.5 Å². The van der Waals surface area contributed by atoms with Crippen LogP contribution in [0.5, 0.6) is 0 Å². The summed E-state index contributed by atoms with van der Waals surface area (Å²) in [6, 6.07) is 14.9. The number of carboxylic acids is 1. The summed E-state index contributed by atoms with van der Waals surface area (Å²) in [5, 5.41) is 14.3. The number of carboxylic acid groups (broad SMARTS) is 1. The van der Waals surface area contributed by atoms with Gasteiger partial charge in [0, 0.05) is 30.9 Å². The summed E-state index contributed by atoms with van der Waals surface area (Å²) >= 11 is 0. The number of hydrogen-bond donors (Lipinski definition) is 3. The highest BCUT2D eigenvalue weighted by Crippen LogP contribution is 2.17. The molecule has 0 heterocycles. The molecule has 0 spiro atoms. The maximum atomic E-state index is 13.2. The molecule has 0 aliphatic carbocycles. The number of hydrogen-bond acceptors (Lipinski definition) is 3. The van der Waals surface area contributed by atoms with Crippen LogP contribution in [-0.4, -0.2) is 41.0 Å². The zero-order valence-electron chi connectivity index (χ0n) is 21.3. The summed E-state index contributed by atoms with van der Waals surface area (Å²) < 4.78 is 0. The number of aliphatic carboxylic acids is 1. The van der Waals surface area contributed by atoms with Crippen molar-refractivity contribution >= 4 is 23.6 Å². The Labute approximate surface area is 208 Å². The number of urea groups is 1. The molecule has 0 aromatic heterocycles. The molecule has 0 unspecified atom stereocenters. The van der Waals surface area contributed by atoms with Crippen molar-refractivity contribution in [1.82, 2.24) is 10.2 Å². The molecule has 2 rings (SSSR count). The second-order valence-corrected chi connectivity index (χ2v) is 9.38. The first-order valence-corrected chi connectivity index (χ1v) is 12.5. The molecule has 0 fully saturated rings. The van der Waals surface area contributed by atoms with Gasteiger partial charge in [-0.1, -0.05) is 64.8 Å². The summed E-state index contributed by atoms with van der Waals surface area (Å²) in [5.41, 5.74) is 3.39. The molecular weight excluding hydrogens is 442 g/mol. The highest BCUT2D eigenvalue weighted by atomic mass is 16.4. The highest BCUT2D eigenvalue weighted by molar-refractivity contribution is 5.94. The first-order chi connectivity index (χ1) is 16.7. The topological polar surface area (TPSA) is 98.7 Å². The van der Waals surface area contributed by atoms with Crippen LogP contribution in [-0.2, 0) is 17.8 Å². The van der Waals surface area contributed by atoms with Crippen LogP contribution in [0.3, 0.4) is 0 Å². The molecule has 190 valence electrons. The molecule has 0 atom stereocenters. The molecule has 3 N–H and O–H groups in total. The maximum Gasteiger partial charge on any atom is 0.322 e. The molecule has 35 heavy (non-hydrogen) atoms. The summed E-state index contributed by atoms with van der Waals surface area (Å²) in [4.78, 5) is 37.8. The van der Waals surface area contributed by atoms with E-state index in [1.54, 1.807) is 12.1 Å². The van der Waals surface area contributed by atoms with Crippen LogP contribution < -0.4 is 10.6 Å². The van der Waals surface area contributed by atoms with Gasteiger partial charge in [-0.15, -0.1) is 0 Å². The number of anilines is 1. The van der Waals surface area contributed by atoms with Crippen molar-refractivity contribution in [3.8, 4) is 0 Å². The van der Waals surface area contributed by atoms with Crippen LogP contribution >= 0.6 is 0 Å². The molecule has 0 radical (unpaired) electrons. The van der Waals surface area contributed by atoms with E-state index in [-0.39, 0.29) is 24.9 Å². The highest BCUT2D eigenvalue weighted by Gasteiger charge is 2.18. The monoisotopic (exact) mass is 481 g/mol. The fraction of sp³-hybridized carbons (Fsp3) is 0.464. The van der Waals surface area contributed by atoms with E-state index >= 15 is 0 Å². The zero-order chi connectivity index (χ0) is 25.8. The quantitative estimate of drug-likeness (QED) is 0.349. The lowest BCUT2D eigenvalue weighted by atomic mass is 10.0. The van der Waals surface area contributed by atoms with E-state index in [9.17, 15) is 14.4 Å². The number of nitrogens with one attached hydrogen (secondary N) is 2. The average molecular weight is 482 g/mol. The van der Waals surface area contributed by atoms with Gasteiger partial charge in [-0.2, -0.15) is 0 Å². The largest absolute Gasteiger partial charge is 0.481 e. The molecule has 0 aliphatic heterocycles. The van der Waals surface area contributed by atoms with Gasteiger partial charge >= 0.3 is 12.0 Å². The third kappa shape index (κ3) is 9.81. The maximum absolute atomic E-state index is 13.2. The first-order valence-electron chi connectivity index (χ1n) is 12.5. The normalized spacial score (nSPS) is 10.9. The zero-order valence-corrected chi connectivity index (χ0v) is 21.3. The summed E-state index contributed by atoms with van der Waals surface area (Å²) in [6.45, 7) is 9.78. The second kappa shape index (κ2) is 14.1. The van der Waals surface area contributed by atoms with Gasteiger partial charge in [0.2, 0.25) is 0 Å². The average Bonchev–Trinajstić information content (AvgIpc) is 2.82. The second-order valence-electron chi connectivity index (χ2n) is 9.38. The van der Waals surface area contributed by atoms with E-state index in [1.807, 2.05) is 29.2 Å². The summed E-state index contributed by atoms with van der Waals surface area (Å²) in [7, 11) is 0. The van der Waals surface area contributed by atoms with Gasteiger partial charge in [-0.05, 0) is 53.6 Å². The van der Waals surface area contributed by atoms with E-state index in [2.05, 4.69) is 50.5 Å². The number of carbonyl (C=O) groups is 3. The summed E-state index contributed by atoms with van der Waals surface area (Å²) in [5.74, 6) is -0.296.